The quantitative estimate of drug-likeness (QED) is 0.924. The lowest BCUT2D eigenvalue weighted by Gasteiger charge is -2.39. The van der Waals surface area contributed by atoms with E-state index in [1.54, 1.807) is 6.07 Å². The van der Waals surface area contributed by atoms with Crippen molar-refractivity contribution in [2.75, 3.05) is 19.7 Å². The molecule has 116 valence electrons. The molecule has 2 heterocycles. The molecule has 5 heteroatoms. The molecular weight excluding hydrogens is 271 g/mol. The first-order valence-electron chi connectivity index (χ1n) is 7.80. The minimum Gasteiger partial charge on any atom is -0.386 e. The van der Waals surface area contributed by atoms with Crippen LogP contribution in [-0.2, 0) is 4.74 Å². The van der Waals surface area contributed by atoms with E-state index < -0.39 is 6.10 Å². The van der Waals surface area contributed by atoms with E-state index in [0.717, 1.165) is 32.3 Å². The predicted octanol–water partition coefficient (Wildman–Crippen LogP) is 2.14. The van der Waals surface area contributed by atoms with Crippen LogP contribution in [0.4, 0.5) is 4.39 Å². The first-order valence-corrected chi connectivity index (χ1v) is 7.80. The van der Waals surface area contributed by atoms with Gasteiger partial charge in [-0.2, -0.15) is 0 Å². The first-order chi connectivity index (χ1) is 10.1. The van der Waals surface area contributed by atoms with Crippen molar-refractivity contribution in [3.8, 4) is 0 Å². The summed E-state index contributed by atoms with van der Waals surface area (Å²) in [4.78, 5) is 6.43. The molecule has 0 amide bonds. The number of nitrogens with zero attached hydrogens (tertiary/aromatic N) is 2. The molecule has 0 radical (unpaired) electrons. The van der Waals surface area contributed by atoms with Crippen LogP contribution in [-0.4, -0.2) is 46.8 Å². The van der Waals surface area contributed by atoms with Crippen molar-refractivity contribution in [2.24, 2.45) is 5.92 Å². The van der Waals surface area contributed by atoms with Crippen molar-refractivity contribution in [3.05, 3.63) is 29.8 Å². The molecule has 0 aromatic carbocycles. The van der Waals surface area contributed by atoms with Gasteiger partial charge in [-0.3, -0.25) is 9.88 Å². The molecule has 21 heavy (non-hydrogen) atoms. The topological polar surface area (TPSA) is 45.6 Å². The summed E-state index contributed by atoms with van der Waals surface area (Å²) in [5, 5.41) is 10.4. The van der Waals surface area contributed by atoms with E-state index in [0.29, 0.717) is 17.8 Å². The zero-order chi connectivity index (χ0) is 14.8. The van der Waals surface area contributed by atoms with Crippen molar-refractivity contribution in [1.29, 1.82) is 0 Å². The molecule has 4 atom stereocenters. The highest BCUT2D eigenvalue weighted by atomic mass is 19.1. The van der Waals surface area contributed by atoms with Crippen LogP contribution < -0.4 is 0 Å². The monoisotopic (exact) mass is 294 g/mol. The van der Waals surface area contributed by atoms with Crippen LogP contribution in [0.25, 0.3) is 0 Å². The van der Waals surface area contributed by atoms with E-state index in [9.17, 15) is 9.50 Å². The van der Waals surface area contributed by atoms with E-state index >= 15 is 0 Å². The zero-order valence-electron chi connectivity index (χ0n) is 12.4. The van der Waals surface area contributed by atoms with Gasteiger partial charge < -0.3 is 9.84 Å². The molecule has 3 rings (SSSR count). The number of aliphatic hydroxyl groups excluding tert-OH is 1. The zero-order valence-corrected chi connectivity index (χ0v) is 12.4. The summed E-state index contributed by atoms with van der Waals surface area (Å²) in [6, 6.07) is 3.41. The molecule has 0 bridgehead atoms. The van der Waals surface area contributed by atoms with Crippen LogP contribution in [0.3, 0.4) is 0 Å². The Labute approximate surface area is 124 Å². The third kappa shape index (κ3) is 3.25. The lowest BCUT2D eigenvalue weighted by Crippen LogP contribution is -2.50. The number of hydrogen-bond acceptors (Lipinski definition) is 4. The first kappa shape index (κ1) is 14.9. The van der Waals surface area contributed by atoms with Crippen molar-refractivity contribution in [2.45, 2.75) is 44.4 Å². The van der Waals surface area contributed by atoms with Gasteiger partial charge in [0.1, 0.15) is 5.82 Å². The van der Waals surface area contributed by atoms with Crippen LogP contribution >= 0.6 is 0 Å². The van der Waals surface area contributed by atoms with E-state index in [4.69, 9.17) is 4.74 Å². The molecule has 2 aliphatic rings. The molecule has 1 aromatic heterocycles. The van der Waals surface area contributed by atoms with Gasteiger partial charge in [0.05, 0.1) is 30.7 Å². The van der Waals surface area contributed by atoms with Crippen LogP contribution in [0, 0.1) is 11.7 Å². The minimum atomic E-state index is -0.659. The van der Waals surface area contributed by atoms with Gasteiger partial charge in [-0.1, -0.05) is 6.92 Å². The van der Waals surface area contributed by atoms with E-state index in [-0.39, 0.29) is 11.7 Å². The number of ether oxygens (including phenoxy) is 1. The number of pyridine rings is 1. The Morgan fingerprint density at radius 3 is 3.10 bits per heavy atom. The highest BCUT2D eigenvalue weighted by Crippen LogP contribution is 2.31. The van der Waals surface area contributed by atoms with Crippen molar-refractivity contribution < 1.29 is 14.2 Å². The van der Waals surface area contributed by atoms with Crippen LogP contribution in [0.5, 0.6) is 0 Å². The smallest absolute Gasteiger partial charge is 0.141 e. The number of aliphatic hydroxyl groups is 1. The van der Waals surface area contributed by atoms with Gasteiger partial charge in [0.15, 0.2) is 0 Å². The molecule has 1 aliphatic carbocycles. The fourth-order valence-electron chi connectivity index (χ4n) is 3.56. The van der Waals surface area contributed by atoms with Crippen molar-refractivity contribution in [3.63, 3.8) is 0 Å². The lowest BCUT2D eigenvalue weighted by atomic mass is 9.99. The average molecular weight is 294 g/mol. The van der Waals surface area contributed by atoms with Crippen LogP contribution in [0.15, 0.2) is 18.3 Å². The fraction of sp³-hybridized carbons (Fsp3) is 0.688. The summed E-state index contributed by atoms with van der Waals surface area (Å²) in [7, 11) is 0. The van der Waals surface area contributed by atoms with E-state index in [1.807, 2.05) is 6.92 Å². The standard InChI is InChI=1S/C16H23FN2O2/c1-11(16(20)13-6-5-12(17)9-18-13)10-19-7-8-21-15-4-2-3-14(15)19/h5-6,9,11,14-16,20H,2-4,7-8,10H2,1H3. The third-order valence-electron chi connectivity index (χ3n) is 4.71. The minimum absolute atomic E-state index is 0.0577. The Morgan fingerprint density at radius 2 is 2.33 bits per heavy atom. The number of halogens is 1. The molecule has 1 N–H and O–H groups in total. The summed E-state index contributed by atoms with van der Waals surface area (Å²) in [6.07, 6.45) is 4.43. The Hall–Kier alpha value is -1.04. The van der Waals surface area contributed by atoms with E-state index in [1.165, 1.54) is 18.9 Å². The number of hydrogen-bond donors (Lipinski definition) is 1. The molecule has 1 aliphatic heterocycles. The summed E-state index contributed by atoms with van der Waals surface area (Å²) in [6.45, 7) is 4.55. The van der Waals surface area contributed by atoms with Gasteiger partial charge in [-0.25, -0.2) is 4.39 Å². The normalized spacial score (nSPS) is 29.1. The summed E-state index contributed by atoms with van der Waals surface area (Å²) in [5.41, 5.74) is 0.542. The third-order valence-corrected chi connectivity index (χ3v) is 4.71. The van der Waals surface area contributed by atoms with Crippen LogP contribution in [0.2, 0.25) is 0 Å². The number of fused-ring (bicyclic) bond motifs is 1. The van der Waals surface area contributed by atoms with Gasteiger partial charge in [-0.15, -0.1) is 0 Å². The maximum absolute atomic E-state index is 12.9. The largest absolute Gasteiger partial charge is 0.386 e. The number of aromatic nitrogens is 1. The second-order valence-electron chi connectivity index (χ2n) is 6.23. The van der Waals surface area contributed by atoms with Crippen LogP contribution in [0.1, 0.15) is 38.0 Å². The second kappa shape index (κ2) is 6.38. The van der Waals surface area contributed by atoms with Gasteiger partial charge in [0.2, 0.25) is 0 Å². The molecule has 2 fully saturated rings. The molecule has 4 unspecified atom stereocenters. The molecule has 4 nitrogen and oxygen atoms in total. The molecule has 1 saturated carbocycles. The summed E-state index contributed by atoms with van der Waals surface area (Å²) >= 11 is 0. The molecule has 0 spiro atoms. The maximum atomic E-state index is 12.9. The second-order valence-corrected chi connectivity index (χ2v) is 6.23. The van der Waals surface area contributed by atoms with Crippen molar-refractivity contribution in [1.82, 2.24) is 9.88 Å². The SMILES string of the molecule is CC(CN1CCOC2CCCC21)C(O)c1ccc(F)cn1. The summed E-state index contributed by atoms with van der Waals surface area (Å²) in [5.74, 6) is -0.317. The fourth-order valence-corrected chi connectivity index (χ4v) is 3.56. The molecular formula is C16H23FN2O2. The highest BCUT2D eigenvalue weighted by Gasteiger charge is 2.37. The van der Waals surface area contributed by atoms with Gasteiger partial charge in [0, 0.05) is 25.0 Å². The van der Waals surface area contributed by atoms with Gasteiger partial charge in [-0.05, 0) is 31.4 Å². The number of morpholine rings is 1. The Balaban J connectivity index is 1.62. The highest BCUT2D eigenvalue weighted by molar-refractivity contribution is 5.09. The van der Waals surface area contributed by atoms with Gasteiger partial charge in [0.25, 0.3) is 0 Å². The van der Waals surface area contributed by atoms with E-state index in [2.05, 4.69) is 9.88 Å². The number of rotatable bonds is 4. The van der Waals surface area contributed by atoms with Crippen molar-refractivity contribution >= 4 is 0 Å². The van der Waals surface area contributed by atoms with Gasteiger partial charge >= 0.3 is 0 Å². The predicted molar refractivity (Wildman–Crippen MR) is 77.3 cm³/mol. The molecule has 1 saturated heterocycles. The Morgan fingerprint density at radius 1 is 1.48 bits per heavy atom. The lowest BCUT2D eigenvalue weighted by molar-refractivity contribution is -0.0659. The summed E-state index contributed by atoms with van der Waals surface area (Å²) < 4.78 is 18.7. The Kier molecular flexibility index (Phi) is 4.52. The average Bonchev–Trinajstić information content (AvgIpc) is 2.97. The Bertz CT molecular complexity index is 468. The maximum Gasteiger partial charge on any atom is 0.141 e. The molecule has 1 aromatic rings.